The van der Waals surface area contributed by atoms with Crippen LogP contribution in [0.5, 0.6) is 0 Å². The van der Waals surface area contributed by atoms with Gasteiger partial charge in [-0.1, -0.05) is 48.5 Å². The molecule has 1 heterocycles. The lowest BCUT2D eigenvalue weighted by atomic mass is 10.1. The Balaban J connectivity index is 1.83. The van der Waals surface area contributed by atoms with Crippen molar-refractivity contribution in [1.82, 2.24) is 0 Å². The van der Waals surface area contributed by atoms with Gasteiger partial charge in [-0.2, -0.15) is 17.0 Å². The number of furan rings is 1. The lowest BCUT2D eigenvalue weighted by Gasteiger charge is -2.06. The molecule has 1 atom stereocenters. The van der Waals surface area contributed by atoms with Crippen LogP contribution in [0.15, 0.2) is 59.0 Å². The van der Waals surface area contributed by atoms with Crippen LogP contribution in [0.1, 0.15) is 28.6 Å². The third kappa shape index (κ3) is 4.04. The van der Waals surface area contributed by atoms with Crippen LogP contribution in [0.3, 0.4) is 0 Å². The summed E-state index contributed by atoms with van der Waals surface area (Å²) in [5.41, 5.74) is 2.68. The Bertz CT molecular complexity index is 912. The molecular weight excluding hydrogens is 334 g/mol. The predicted molar refractivity (Wildman–Crippen MR) is 98.1 cm³/mol. The Hall–Kier alpha value is -2.71. The molecule has 0 aliphatic heterocycles. The molecule has 3 rings (SSSR count). The number of benzene rings is 2. The molecule has 0 aliphatic rings. The van der Waals surface area contributed by atoms with E-state index in [0.29, 0.717) is 11.3 Å². The molecule has 3 aromatic rings. The number of carbonyl (C=O) groups excluding carboxylic acids is 1. The van der Waals surface area contributed by atoms with Crippen LogP contribution < -0.4 is 0 Å². The SMILES string of the molecule is C[C@H](C#N)OC(=O)c1oc2ccccc2c1CSCc1ccccc1. The predicted octanol–water partition coefficient (Wildman–Crippen LogP) is 4.94. The van der Waals surface area contributed by atoms with Crippen LogP contribution in [-0.2, 0) is 16.2 Å². The fraction of sp³-hybridized carbons (Fsp3) is 0.200. The second-order valence-corrected chi connectivity index (χ2v) is 6.55. The number of carbonyl (C=O) groups is 1. The van der Waals surface area contributed by atoms with E-state index in [1.165, 1.54) is 12.5 Å². The van der Waals surface area contributed by atoms with Crippen LogP contribution >= 0.6 is 11.8 Å². The Morgan fingerprint density at radius 3 is 2.64 bits per heavy atom. The van der Waals surface area contributed by atoms with Gasteiger partial charge in [0, 0.05) is 22.5 Å². The van der Waals surface area contributed by atoms with Crippen molar-refractivity contribution in [1.29, 1.82) is 5.26 Å². The van der Waals surface area contributed by atoms with Crippen molar-refractivity contribution in [2.24, 2.45) is 0 Å². The summed E-state index contributed by atoms with van der Waals surface area (Å²) in [6.07, 6.45) is -0.814. The quantitative estimate of drug-likeness (QED) is 0.589. The van der Waals surface area contributed by atoms with Crippen molar-refractivity contribution in [3.63, 3.8) is 0 Å². The van der Waals surface area contributed by atoms with Crippen LogP contribution in [0.2, 0.25) is 0 Å². The lowest BCUT2D eigenvalue weighted by Crippen LogP contribution is -2.13. The number of ether oxygens (including phenoxy) is 1. The summed E-state index contributed by atoms with van der Waals surface area (Å²) in [4.78, 5) is 12.4. The van der Waals surface area contributed by atoms with Crippen LogP contribution in [0.25, 0.3) is 11.0 Å². The fourth-order valence-electron chi connectivity index (χ4n) is 2.49. The monoisotopic (exact) mass is 351 g/mol. The van der Waals surface area contributed by atoms with Crippen molar-refractivity contribution in [2.75, 3.05) is 0 Å². The zero-order chi connectivity index (χ0) is 17.6. The molecule has 2 aromatic carbocycles. The van der Waals surface area contributed by atoms with Crippen molar-refractivity contribution in [2.45, 2.75) is 24.5 Å². The minimum atomic E-state index is -0.814. The molecule has 0 saturated heterocycles. The zero-order valence-corrected chi connectivity index (χ0v) is 14.6. The molecule has 0 bridgehead atoms. The van der Waals surface area contributed by atoms with Gasteiger partial charge < -0.3 is 9.15 Å². The molecule has 0 aliphatic carbocycles. The van der Waals surface area contributed by atoms with Gasteiger partial charge in [0.25, 0.3) is 0 Å². The molecule has 0 amide bonds. The number of thioether (sulfide) groups is 1. The smallest absolute Gasteiger partial charge is 0.375 e. The van der Waals surface area contributed by atoms with E-state index in [1.807, 2.05) is 48.5 Å². The van der Waals surface area contributed by atoms with E-state index in [1.54, 1.807) is 11.8 Å². The van der Waals surface area contributed by atoms with Crippen molar-refractivity contribution < 1.29 is 13.9 Å². The van der Waals surface area contributed by atoms with Crippen molar-refractivity contribution in [3.8, 4) is 6.07 Å². The highest BCUT2D eigenvalue weighted by Crippen LogP contribution is 2.31. The van der Waals surface area contributed by atoms with Crippen LogP contribution in [-0.4, -0.2) is 12.1 Å². The molecule has 0 fully saturated rings. The molecule has 4 nitrogen and oxygen atoms in total. The second kappa shape index (κ2) is 7.91. The average Bonchev–Trinajstić information content (AvgIpc) is 3.01. The van der Waals surface area contributed by atoms with E-state index in [0.717, 1.165) is 16.7 Å². The number of esters is 1. The summed E-state index contributed by atoms with van der Waals surface area (Å²) in [5.74, 6) is 1.05. The van der Waals surface area contributed by atoms with Gasteiger partial charge in [0.15, 0.2) is 6.10 Å². The molecule has 1 aromatic heterocycles. The third-order valence-corrected chi connectivity index (χ3v) is 4.74. The van der Waals surface area contributed by atoms with Gasteiger partial charge in [0.1, 0.15) is 11.7 Å². The lowest BCUT2D eigenvalue weighted by molar-refractivity contribution is 0.0400. The van der Waals surface area contributed by atoms with Gasteiger partial charge in [0.05, 0.1) is 0 Å². The Morgan fingerprint density at radius 1 is 1.16 bits per heavy atom. The molecule has 0 N–H and O–H groups in total. The average molecular weight is 351 g/mol. The normalized spacial score (nSPS) is 11.8. The number of nitrogens with zero attached hydrogens (tertiary/aromatic N) is 1. The number of hydrogen-bond donors (Lipinski definition) is 0. The van der Waals surface area contributed by atoms with Gasteiger partial charge in [-0.25, -0.2) is 4.79 Å². The number of nitriles is 1. The Morgan fingerprint density at radius 2 is 1.88 bits per heavy atom. The first-order valence-corrected chi connectivity index (χ1v) is 9.07. The summed E-state index contributed by atoms with van der Waals surface area (Å²) in [6, 6.07) is 19.6. The van der Waals surface area contributed by atoms with Gasteiger partial charge in [0.2, 0.25) is 5.76 Å². The number of para-hydroxylation sites is 1. The van der Waals surface area contributed by atoms with Crippen molar-refractivity contribution >= 4 is 28.7 Å². The summed E-state index contributed by atoms with van der Waals surface area (Å²) in [6.45, 7) is 1.53. The highest BCUT2D eigenvalue weighted by molar-refractivity contribution is 7.97. The number of rotatable bonds is 6. The molecular formula is C20H17NO3S. The summed E-state index contributed by atoms with van der Waals surface area (Å²) in [5, 5.41) is 9.75. The second-order valence-electron chi connectivity index (χ2n) is 5.56. The summed E-state index contributed by atoms with van der Waals surface area (Å²) < 4.78 is 10.8. The first-order chi connectivity index (χ1) is 12.2. The summed E-state index contributed by atoms with van der Waals surface area (Å²) >= 11 is 1.70. The highest BCUT2D eigenvalue weighted by atomic mass is 32.2. The molecule has 0 unspecified atom stereocenters. The van der Waals surface area contributed by atoms with Crippen molar-refractivity contribution in [3.05, 3.63) is 71.5 Å². The van der Waals surface area contributed by atoms with E-state index in [4.69, 9.17) is 14.4 Å². The van der Waals surface area contributed by atoms with E-state index < -0.39 is 12.1 Å². The molecule has 25 heavy (non-hydrogen) atoms. The molecule has 5 heteroatoms. The zero-order valence-electron chi connectivity index (χ0n) is 13.8. The van der Waals surface area contributed by atoms with E-state index in [-0.39, 0.29) is 5.76 Å². The van der Waals surface area contributed by atoms with Gasteiger partial charge in [-0.15, -0.1) is 0 Å². The maximum absolute atomic E-state index is 12.4. The molecule has 0 spiro atoms. The first-order valence-electron chi connectivity index (χ1n) is 7.91. The van der Waals surface area contributed by atoms with Gasteiger partial charge in [-0.3, -0.25) is 0 Å². The van der Waals surface area contributed by atoms with Crippen LogP contribution in [0.4, 0.5) is 0 Å². The van der Waals surface area contributed by atoms with Gasteiger partial charge in [-0.05, 0) is 18.6 Å². The molecule has 0 radical (unpaired) electrons. The first kappa shape index (κ1) is 17.1. The third-order valence-electron chi connectivity index (χ3n) is 3.71. The minimum absolute atomic E-state index is 0.184. The van der Waals surface area contributed by atoms with E-state index >= 15 is 0 Å². The Labute approximate surface area is 150 Å². The van der Waals surface area contributed by atoms with E-state index in [9.17, 15) is 4.79 Å². The number of fused-ring (bicyclic) bond motifs is 1. The Kier molecular flexibility index (Phi) is 5.42. The maximum atomic E-state index is 12.4. The molecule has 126 valence electrons. The van der Waals surface area contributed by atoms with Crippen LogP contribution in [0, 0.1) is 11.3 Å². The number of hydrogen-bond acceptors (Lipinski definition) is 5. The molecule has 0 saturated carbocycles. The van der Waals surface area contributed by atoms with E-state index in [2.05, 4.69) is 12.1 Å². The largest absolute Gasteiger partial charge is 0.449 e. The standard InChI is InChI=1S/C20H17NO3S/c1-14(11-21)23-20(22)19-17(16-9-5-6-10-18(16)24-19)13-25-12-15-7-3-2-4-8-15/h2-10,14H,12-13H2,1H3/t14-/m1/s1. The van der Waals surface area contributed by atoms with Gasteiger partial charge >= 0.3 is 5.97 Å². The summed E-state index contributed by atoms with van der Waals surface area (Å²) in [7, 11) is 0. The minimum Gasteiger partial charge on any atom is -0.449 e. The fourth-order valence-corrected chi connectivity index (χ4v) is 3.51. The highest BCUT2D eigenvalue weighted by Gasteiger charge is 2.23. The maximum Gasteiger partial charge on any atom is 0.375 e. The topological polar surface area (TPSA) is 63.2 Å².